The van der Waals surface area contributed by atoms with Crippen LogP contribution in [-0.4, -0.2) is 52.7 Å². The Hall–Kier alpha value is -2.54. The summed E-state index contributed by atoms with van der Waals surface area (Å²) >= 11 is 6.46. The quantitative estimate of drug-likeness (QED) is 0.717. The molecule has 1 saturated heterocycles. The number of hydrogen-bond acceptors (Lipinski definition) is 6. The maximum Gasteiger partial charge on any atom is 0.410 e. The summed E-state index contributed by atoms with van der Waals surface area (Å²) in [6, 6.07) is 8.04. The fourth-order valence-corrected chi connectivity index (χ4v) is 4.88. The second-order valence-corrected chi connectivity index (χ2v) is 10.0. The van der Waals surface area contributed by atoms with Gasteiger partial charge in [-0.05, 0) is 64.0 Å². The lowest BCUT2D eigenvalue weighted by molar-refractivity contribution is 0.0263. The number of nitrogens with zero attached hydrogens (tertiary/aromatic N) is 4. The van der Waals surface area contributed by atoms with E-state index in [0.717, 1.165) is 48.8 Å². The summed E-state index contributed by atoms with van der Waals surface area (Å²) in [7, 11) is 0. The summed E-state index contributed by atoms with van der Waals surface area (Å²) in [4.78, 5) is 25.8. The summed E-state index contributed by atoms with van der Waals surface area (Å²) in [6.07, 6.45) is 3.27. The van der Waals surface area contributed by atoms with Crippen LogP contribution in [0.25, 0.3) is 0 Å². The number of carbonyl (C=O) groups is 1. The molecule has 32 heavy (non-hydrogen) atoms. The number of carbonyl (C=O) groups excluding carboxylic acids is 1. The van der Waals surface area contributed by atoms with Crippen LogP contribution in [0.2, 0.25) is 5.02 Å². The van der Waals surface area contributed by atoms with Crippen LogP contribution >= 0.6 is 11.6 Å². The predicted molar refractivity (Wildman–Crippen MR) is 127 cm³/mol. The molecule has 7 nitrogen and oxygen atoms in total. The molecule has 1 atom stereocenters. The summed E-state index contributed by atoms with van der Waals surface area (Å²) < 4.78 is 5.56. The molecule has 172 valence electrons. The van der Waals surface area contributed by atoms with Crippen molar-refractivity contribution in [3.8, 4) is 0 Å². The van der Waals surface area contributed by atoms with Gasteiger partial charge < -0.3 is 20.3 Å². The van der Waals surface area contributed by atoms with E-state index in [1.807, 2.05) is 39.0 Å². The largest absolute Gasteiger partial charge is 0.444 e. The van der Waals surface area contributed by atoms with E-state index in [1.165, 1.54) is 11.1 Å². The molecule has 2 heterocycles. The van der Waals surface area contributed by atoms with E-state index in [1.54, 1.807) is 4.90 Å². The maximum atomic E-state index is 12.5. The molecule has 1 aromatic heterocycles. The molecule has 4 rings (SSSR count). The van der Waals surface area contributed by atoms with Gasteiger partial charge in [0.15, 0.2) is 0 Å². The van der Waals surface area contributed by atoms with Crippen molar-refractivity contribution >= 4 is 29.5 Å². The van der Waals surface area contributed by atoms with Crippen LogP contribution in [0, 0.1) is 0 Å². The Kier molecular flexibility index (Phi) is 6.47. The normalized spacial score (nSPS) is 19.3. The lowest BCUT2D eigenvalue weighted by Gasteiger charge is -2.30. The van der Waals surface area contributed by atoms with Gasteiger partial charge in [-0.25, -0.2) is 9.78 Å². The third kappa shape index (κ3) is 5.09. The summed E-state index contributed by atoms with van der Waals surface area (Å²) in [5.74, 6) is 1.54. The molecule has 1 aliphatic heterocycles. The second kappa shape index (κ2) is 9.14. The minimum Gasteiger partial charge on any atom is -0.444 e. The zero-order valence-electron chi connectivity index (χ0n) is 19.1. The fraction of sp³-hybridized carbons (Fsp3) is 0.542. The fourth-order valence-electron chi connectivity index (χ4n) is 4.59. The SMILES string of the molecule is CC(C)(C)OC(=O)N1CCCN(c2nc(N)nc3c2CCC(c2ccccc2Cl)C3)CC1. The number of benzene rings is 1. The molecule has 1 amide bonds. The average molecular weight is 458 g/mol. The number of anilines is 2. The number of halogens is 1. The smallest absolute Gasteiger partial charge is 0.410 e. The van der Waals surface area contributed by atoms with Gasteiger partial charge in [-0.3, -0.25) is 0 Å². The van der Waals surface area contributed by atoms with Crippen LogP contribution in [0.1, 0.15) is 56.4 Å². The van der Waals surface area contributed by atoms with E-state index in [0.29, 0.717) is 31.5 Å². The molecule has 0 bridgehead atoms. The predicted octanol–water partition coefficient (Wildman–Crippen LogP) is 4.43. The molecule has 8 heteroatoms. The second-order valence-electron chi connectivity index (χ2n) is 9.60. The van der Waals surface area contributed by atoms with Crippen molar-refractivity contribution in [3.63, 3.8) is 0 Å². The van der Waals surface area contributed by atoms with E-state index < -0.39 is 5.60 Å². The molecule has 1 aliphatic carbocycles. The molecule has 2 N–H and O–H groups in total. The molecular weight excluding hydrogens is 426 g/mol. The van der Waals surface area contributed by atoms with Crippen molar-refractivity contribution in [1.29, 1.82) is 0 Å². The van der Waals surface area contributed by atoms with Crippen LogP contribution < -0.4 is 10.6 Å². The van der Waals surface area contributed by atoms with Crippen LogP contribution in [-0.2, 0) is 17.6 Å². The van der Waals surface area contributed by atoms with E-state index >= 15 is 0 Å². The van der Waals surface area contributed by atoms with E-state index in [2.05, 4.69) is 20.9 Å². The highest BCUT2D eigenvalue weighted by Gasteiger charge is 2.30. The van der Waals surface area contributed by atoms with Gasteiger partial charge >= 0.3 is 6.09 Å². The molecule has 1 fully saturated rings. The first-order valence-corrected chi connectivity index (χ1v) is 11.7. The number of fused-ring (bicyclic) bond motifs is 1. The van der Waals surface area contributed by atoms with E-state index in [-0.39, 0.29) is 6.09 Å². The first kappa shape index (κ1) is 22.6. The van der Waals surface area contributed by atoms with Gasteiger partial charge in [0.05, 0.1) is 5.69 Å². The molecule has 2 aromatic rings. The summed E-state index contributed by atoms with van der Waals surface area (Å²) in [6.45, 7) is 8.44. The Morgan fingerprint density at radius 2 is 1.94 bits per heavy atom. The van der Waals surface area contributed by atoms with Crippen molar-refractivity contribution in [3.05, 3.63) is 46.1 Å². The zero-order chi connectivity index (χ0) is 22.9. The molecule has 1 unspecified atom stereocenters. The van der Waals surface area contributed by atoms with Gasteiger partial charge in [-0.2, -0.15) is 4.98 Å². The lowest BCUT2D eigenvalue weighted by Crippen LogP contribution is -2.39. The number of rotatable bonds is 2. The molecular formula is C24H32ClN5O2. The minimum atomic E-state index is -0.499. The van der Waals surface area contributed by atoms with Crippen LogP contribution in [0.3, 0.4) is 0 Å². The van der Waals surface area contributed by atoms with Crippen molar-refractivity contribution in [2.24, 2.45) is 0 Å². The highest BCUT2D eigenvalue weighted by Crippen LogP contribution is 2.38. The average Bonchev–Trinajstić information content (AvgIpc) is 2.98. The Morgan fingerprint density at radius 3 is 2.69 bits per heavy atom. The van der Waals surface area contributed by atoms with Gasteiger partial charge in [0, 0.05) is 36.8 Å². The first-order chi connectivity index (χ1) is 15.2. The number of hydrogen-bond donors (Lipinski definition) is 1. The molecule has 1 aromatic carbocycles. The van der Waals surface area contributed by atoms with E-state index in [4.69, 9.17) is 22.1 Å². The Morgan fingerprint density at radius 1 is 1.16 bits per heavy atom. The molecule has 0 saturated carbocycles. The molecule has 0 spiro atoms. The maximum absolute atomic E-state index is 12.5. The third-order valence-corrected chi connectivity index (χ3v) is 6.41. The van der Waals surface area contributed by atoms with Gasteiger partial charge in [-0.15, -0.1) is 0 Å². The number of amides is 1. The highest BCUT2D eigenvalue weighted by atomic mass is 35.5. The Bertz CT molecular complexity index is 991. The Labute approximate surface area is 194 Å². The lowest BCUT2D eigenvalue weighted by atomic mass is 9.82. The molecule has 0 radical (unpaired) electrons. The third-order valence-electron chi connectivity index (χ3n) is 6.06. The first-order valence-electron chi connectivity index (χ1n) is 11.3. The van der Waals surface area contributed by atoms with Crippen LogP contribution in [0.15, 0.2) is 24.3 Å². The zero-order valence-corrected chi connectivity index (χ0v) is 19.9. The minimum absolute atomic E-state index is 0.258. The summed E-state index contributed by atoms with van der Waals surface area (Å²) in [5, 5.41) is 0.804. The van der Waals surface area contributed by atoms with Crippen molar-refractivity contribution in [2.75, 3.05) is 36.8 Å². The number of nitrogens with two attached hydrogens (primary N) is 1. The van der Waals surface area contributed by atoms with Gasteiger partial charge in [-0.1, -0.05) is 29.8 Å². The number of ether oxygens (including phenoxy) is 1. The topological polar surface area (TPSA) is 84.6 Å². The standard InChI is InChI=1S/C24H32ClN5O2/c1-24(2,3)32-23(31)30-12-6-11-29(13-14-30)21-18-10-9-16(15-20(18)27-22(26)28-21)17-7-4-5-8-19(17)25/h4-5,7-8,16H,6,9-15H2,1-3H3,(H2,26,27,28). The van der Waals surface area contributed by atoms with Crippen LogP contribution in [0.4, 0.5) is 16.6 Å². The highest BCUT2D eigenvalue weighted by molar-refractivity contribution is 6.31. The molecule has 2 aliphatic rings. The van der Waals surface area contributed by atoms with Crippen LogP contribution in [0.5, 0.6) is 0 Å². The monoisotopic (exact) mass is 457 g/mol. The van der Waals surface area contributed by atoms with Gasteiger partial charge in [0.25, 0.3) is 0 Å². The van der Waals surface area contributed by atoms with Gasteiger partial charge in [0.2, 0.25) is 5.95 Å². The number of nitrogen functional groups attached to an aromatic ring is 1. The van der Waals surface area contributed by atoms with E-state index in [9.17, 15) is 4.79 Å². The summed E-state index contributed by atoms with van der Waals surface area (Å²) in [5.41, 5.74) is 8.98. The van der Waals surface area contributed by atoms with Gasteiger partial charge in [0.1, 0.15) is 11.4 Å². The Balaban J connectivity index is 1.52. The number of aromatic nitrogens is 2. The van der Waals surface area contributed by atoms with Crippen molar-refractivity contribution < 1.29 is 9.53 Å². The van der Waals surface area contributed by atoms with Crippen molar-refractivity contribution in [2.45, 2.75) is 58.0 Å². The van der Waals surface area contributed by atoms with Crippen molar-refractivity contribution in [1.82, 2.24) is 14.9 Å².